The van der Waals surface area contributed by atoms with Gasteiger partial charge >= 0.3 is 0 Å². The van der Waals surface area contributed by atoms with Crippen LogP contribution in [0.4, 0.5) is 5.69 Å². The highest BCUT2D eigenvalue weighted by atomic mass is 35.5. The van der Waals surface area contributed by atoms with E-state index in [0.29, 0.717) is 6.04 Å². The fourth-order valence-electron chi connectivity index (χ4n) is 1.87. The molecule has 0 spiro atoms. The molecule has 2 nitrogen and oxygen atoms in total. The van der Waals surface area contributed by atoms with Crippen LogP contribution in [-0.4, -0.2) is 18.8 Å². The minimum Gasteiger partial charge on any atom is -0.379 e. The lowest BCUT2D eigenvalue weighted by Gasteiger charge is -2.19. The van der Waals surface area contributed by atoms with Crippen LogP contribution in [0.1, 0.15) is 18.9 Å². The predicted molar refractivity (Wildman–Crippen MR) is 63.6 cm³/mol. The van der Waals surface area contributed by atoms with Gasteiger partial charge in [0.1, 0.15) is 0 Å². The first kappa shape index (κ1) is 10.8. The van der Waals surface area contributed by atoms with Crippen LogP contribution in [0.2, 0.25) is 5.02 Å². The van der Waals surface area contributed by atoms with Crippen molar-refractivity contribution in [3.05, 3.63) is 28.8 Å². The molecule has 3 heteroatoms. The molecule has 1 aliphatic heterocycles. The zero-order chi connectivity index (χ0) is 10.8. The van der Waals surface area contributed by atoms with Crippen molar-refractivity contribution in [2.75, 3.05) is 11.9 Å². The first-order chi connectivity index (χ1) is 7.16. The Morgan fingerprint density at radius 2 is 2.27 bits per heavy atom. The van der Waals surface area contributed by atoms with Gasteiger partial charge in [-0.15, -0.1) is 0 Å². The third-order valence-corrected chi connectivity index (χ3v) is 3.15. The lowest BCUT2D eigenvalue weighted by Crippen LogP contribution is -2.26. The highest BCUT2D eigenvalue weighted by Crippen LogP contribution is 2.24. The van der Waals surface area contributed by atoms with Crippen molar-refractivity contribution in [2.24, 2.45) is 0 Å². The van der Waals surface area contributed by atoms with Crippen LogP contribution in [0.15, 0.2) is 18.2 Å². The Bertz CT molecular complexity index is 353. The number of anilines is 1. The Morgan fingerprint density at radius 3 is 2.93 bits per heavy atom. The fourth-order valence-corrected chi connectivity index (χ4v) is 2.04. The van der Waals surface area contributed by atoms with E-state index in [1.165, 1.54) is 5.56 Å². The summed E-state index contributed by atoms with van der Waals surface area (Å²) in [6.45, 7) is 5.03. The summed E-state index contributed by atoms with van der Waals surface area (Å²) in [5.41, 5.74) is 2.34. The number of halogens is 1. The molecule has 1 aromatic carbocycles. The van der Waals surface area contributed by atoms with Crippen LogP contribution in [0.5, 0.6) is 0 Å². The van der Waals surface area contributed by atoms with Gasteiger partial charge < -0.3 is 10.1 Å². The molecule has 0 aromatic heterocycles. The normalized spacial score (nSPS) is 25.5. The molecule has 15 heavy (non-hydrogen) atoms. The first-order valence-electron chi connectivity index (χ1n) is 5.31. The molecule has 1 aromatic rings. The average Bonchev–Trinajstić information content (AvgIpc) is 2.58. The van der Waals surface area contributed by atoms with E-state index in [0.717, 1.165) is 23.7 Å². The molecule has 2 rings (SSSR count). The van der Waals surface area contributed by atoms with Crippen molar-refractivity contribution >= 4 is 17.3 Å². The van der Waals surface area contributed by atoms with Crippen LogP contribution >= 0.6 is 11.6 Å². The molecule has 0 unspecified atom stereocenters. The Kier molecular flexibility index (Phi) is 3.17. The molecule has 1 heterocycles. The third-order valence-electron chi connectivity index (χ3n) is 2.92. The highest BCUT2D eigenvalue weighted by Gasteiger charge is 2.24. The van der Waals surface area contributed by atoms with E-state index < -0.39 is 0 Å². The van der Waals surface area contributed by atoms with E-state index in [-0.39, 0.29) is 6.10 Å². The first-order valence-corrected chi connectivity index (χ1v) is 5.69. The van der Waals surface area contributed by atoms with Crippen LogP contribution in [0.3, 0.4) is 0 Å². The summed E-state index contributed by atoms with van der Waals surface area (Å²) in [7, 11) is 0. The van der Waals surface area contributed by atoms with Gasteiger partial charge in [-0.25, -0.2) is 0 Å². The standard InChI is InChI=1S/C12H16ClNO/c1-8-3-4-10(13)7-12(8)14-11-5-6-15-9(11)2/h3-4,7,9,11,14H,5-6H2,1-2H3/t9-,11+/m1/s1. The van der Waals surface area contributed by atoms with Crippen LogP contribution in [-0.2, 0) is 4.74 Å². The molecule has 0 bridgehead atoms. The fraction of sp³-hybridized carbons (Fsp3) is 0.500. The number of hydrogen-bond donors (Lipinski definition) is 1. The molecular formula is C12H16ClNO. The second-order valence-corrected chi connectivity index (χ2v) is 4.51. The molecule has 1 N–H and O–H groups in total. The highest BCUT2D eigenvalue weighted by molar-refractivity contribution is 6.30. The number of aryl methyl sites for hydroxylation is 1. The molecule has 1 saturated heterocycles. The van der Waals surface area contributed by atoms with Gasteiger partial charge in [-0.05, 0) is 38.0 Å². The summed E-state index contributed by atoms with van der Waals surface area (Å²) in [6.07, 6.45) is 1.34. The molecule has 1 fully saturated rings. The number of rotatable bonds is 2. The van der Waals surface area contributed by atoms with Gasteiger partial charge in [0.05, 0.1) is 12.1 Å². The third kappa shape index (κ3) is 2.44. The molecule has 2 atom stereocenters. The minimum absolute atomic E-state index is 0.281. The molecule has 0 radical (unpaired) electrons. The Balaban J connectivity index is 2.12. The summed E-state index contributed by atoms with van der Waals surface area (Å²) in [4.78, 5) is 0. The second-order valence-electron chi connectivity index (χ2n) is 4.07. The van der Waals surface area contributed by atoms with Crippen molar-refractivity contribution in [1.29, 1.82) is 0 Å². The monoisotopic (exact) mass is 225 g/mol. The Labute approximate surface area is 95.6 Å². The van der Waals surface area contributed by atoms with E-state index >= 15 is 0 Å². The molecular weight excluding hydrogens is 210 g/mol. The topological polar surface area (TPSA) is 21.3 Å². The number of benzene rings is 1. The van der Waals surface area contributed by atoms with Gasteiger partial charge in [0, 0.05) is 17.3 Å². The van der Waals surface area contributed by atoms with Gasteiger partial charge in [0.15, 0.2) is 0 Å². The molecule has 0 saturated carbocycles. The largest absolute Gasteiger partial charge is 0.379 e. The average molecular weight is 226 g/mol. The van der Waals surface area contributed by atoms with Crippen molar-refractivity contribution in [2.45, 2.75) is 32.4 Å². The molecule has 0 aliphatic carbocycles. The predicted octanol–water partition coefficient (Wildman–Crippen LogP) is 3.24. The van der Waals surface area contributed by atoms with Crippen molar-refractivity contribution in [1.82, 2.24) is 0 Å². The van der Waals surface area contributed by atoms with Crippen molar-refractivity contribution < 1.29 is 4.74 Å². The maximum Gasteiger partial charge on any atom is 0.0748 e. The SMILES string of the molecule is Cc1ccc(Cl)cc1N[C@H]1CCO[C@@H]1C. The number of nitrogens with one attached hydrogen (secondary N) is 1. The van der Waals surface area contributed by atoms with Crippen LogP contribution in [0, 0.1) is 6.92 Å². The number of hydrogen-bond acceptors (Lipinski definition) is 2. The van der Waals surface area contributed by atoms with Gasteiger partial charge in [0.2, 0.25) is 0 Å². The van der Waals surface area contributed by atoms with E-state index in [2.05, 4.69) is 19.2 Å². The van der Waals surface area contributed by atoms with E-state index in [1.807, 2.05) is 18.2 Å². The number of ether oxygens (including phenoxy) is 1. The van der Waals surface area contributed by atoms with Crippen molar-refractivity contribution in [3.8, 4) is 0 Å². The summed E-state index contributed by atoms with van der Waals surface area (Å²) in [5.74, 6) is 0. The quantitative estimate of drug-likeness (QED) is 0.835. The Morgan fingerprint density at radius 1 is 1.47 bits per heavy atom. The van der Waals surface area contributed by atoms with E-state index in [9.17, 15) is 0 Å². The van der Waals surface area contributed by atoms with Crippen molar-refractivity contribution in [3.63, 3.8) is 0 Å². The zero-order valence-electron chi connectivity index (χ0n) is 9.09. The maximum absolute atomic E-state index is 5.97. The minimum atomic E-state index is 0.281. The lowest BCUT2D eigenvalue weighted by molar-refractivity contribution is 0.121. The summed E-state index contributed by atoms with van der Waals surface area (Å²) in [5, 5.41) is 4.26. The smallest absolute Gasteiger partial charge is 0.0748 e. The molecule has 1 aliphatic rings. The van der Waals surface area contributed by atoms with Gasteiger partial charge in [0.25, 0.3) is 0 Å². The van der Waals surface area contributed by atoms with E-state index in [4.69, 9.17) is 16.3 Å². The van der Waals surface area contributed by atoms with Crippen LogP contribution < -0.4 is 5.32 Å². The Hall–Kier alpha value is -0.730. The van der Waals surface area contributed by atoms with E-state index in [1.54, 1.807) is 0 Å². The summed E-state index contributed by atoms with van der Waals surface area (Å²) >= 11 is 5.97. The summed E-state index contributed by atoms with van der Waals surface area (Å²) < 4.78 is 5.51. The maximum atomic E-state index is 5.97. The molecule has 82 valence electrons. The lowest BCUT2D eigenvalue weighted by atomic mass is 10.1. The van der Waals surface area contributed by atoms with Crippen LogP contribution in [0.25, 0.3) is 0 Å². The van der Waals surface area contributed by atoms with Gasteiger partial charge in [-0.2, -0.15) is 0 Å². The summed E-state index contributed by atoms with van der Waals surface area (Å²) in [6, 6.07) is 6.33. The van der Waals surface area contributed by atoms with Gasteiger partial charge in [-0.3, -0.25) is 0 Å². The zero-order valence-corrected chi connectivity index (χ0v) is 9.84. The molecule has 0 amide bonds. The second kappa shape index (κ2) is 4.42. The van der Waals surface area contributed by atoms with Gasteiger partial charge in [-0.1, -0.05) is 17.7 Å².